The number of hydrogen-bond acceptors (Lipinski definition) is 9. The number of benzene rings is 1. The third-order valence-electron chi connectivity index (χ3n) is 12.1. The van der Waals surface area contributed by atoms with Crippen molar-refractivity contribution < 1.29 is 37.1 Å². The molecule has 1 N–H and O–H groups in total. The number of pyridine rings is 1. The van der Waals surface area contributed by atoms with Gasteiger partial charge in [0.1, 0.15) is 6.10 Å². The van der Waals surface area contributed by atoms with Crippen LogP contribution in [0, 0.1) is 28.1 Å². The molecule has 0 spiro atoms. The van der Waals surface area contributed by atoms with Crippen molar-refractivity contribution >= 4 is 44.4 Å². The van der Waals surface area contributed by atoms with Crippen LogP contribution in [0.1, 0.15) is 117 Å². The van der Waals surface area contributed by atoms with Crippen LogP contribution in [0.25, 0.3) is 10.8 Å². The van der Waals surface area contributed by atoms with Gasteiger partial charge in [0.05, 0.1) is 42.2 Å². The molecule has 2 amide bonds. The maximum atomic E-state index is 14.7. The van der Waals surface area contributed by atoms with Gasteiger partial charge in [-0.25, -0.2) is 13.4 Å². The second-order valence-corrected chi connectivity index (χ2v) is 19.9. The molecule has 4 bridgehead atoms. The van der Waals surface area contributed by atoms with Crippen molar-refractivity contribution in [2.75, 3.05) is 13.2 Å². The van der Waals surface area contributed by atoms with Crippen LogP contribution < -0.4 is 9.46 Å². The van der Waals surface area contributed by atoms with Gasteiger partial charge in [-0.15, -0.1) is 0 Å². The van der Waals surface area contributed by atoms with Crippen LogP contribution in [-0.2, 0) is 46.8 Å². The second kappa shape index (κ2) is 14.6. The van der Waals surface area contributed by atoms with Crippen molar-refractivity contribution in [3.8, 4) is 5.88 Å². The molecule has 3 heterocycles. The van der Waals surface area contributed by atoms with Crippen molar-refractivity contribution in [1.29, 1.82) is 0 Å². The number of aromatic nitrogens is 1. The van der Waals surface area contributed by atoms with Crippen LogP contribution in [0.2, 0.25) is 0 Å². The number of rotatable bonds is 8. The van der Waals surface area contributed by atoms with Gasteiger partial charge in [0.15, 0.2) is 5.78 Å². The summed E-state index contributed by atoms with van der Waals surface area (Å²) in [6.07, 6.45) is 6.46. The molecule has 6 rings (SSSR count). The Balaban J connectivity index is 1.36. The molecule has 12 heteroatoms. The topological polar surface area (TPSA) is 149 Å². The van der Waals surface area contributed by atoms with Crippen LogP contribution in [0.5, 0.6) is 5.88 Å². The molecule has 2 aliphatic carbocycles. The molecule has 53 heavy (non-hydrogen) atoms. The van der Waals surface area contributed by atoms with E-state index in [-0.39, 0.29) is 55.4 Å². The quantitative estimate of drug-likeness (QED) is 0.317. The Bertz CT molecular complexity index is 1880. The second-order valence-electron chi connectivity index (χ2n) is 17.9. The Kier molecular flexibility index (Phi) is 10.8. The Morgan fingerprint density at radius 3 is 2.47 bits per heavy atom. The van der Waals surface area contributed by atoms with Gasteiger partial charge in [0.2, 0.25) is 27.7 Å². The normalized spacial score (nSPS) is 28.2. The van der Waals surface area contributed by atoms with Crippen LogP contribution in [0.3, 0.4) is 0 Å². The van der Waals surface area contributed by atoms with Gasteiger partial charge in [-0.05, 0) is 84.3 Å². The highest BCUT2D eigenvalue weighted by atomic mass is 32.2. The molecule has 2 aliphatic heterocycles. The fourth-order valence-corrected chi connectivity index (χ4v) is 9.75. The van der Waals surface area contributed by atoms with Crippen molar-refractivity contribution in [2.24, 2.45) is 28.1 Å². The third kappa shape index (κ3) is 8.42. The summed E-state index contributed by atoms with van der Waals surface area (Å²) >= 11 is 0. The first-order valence-corrected chi connectivity index (χ1v) is 21.0. The lowest BCUT2D eigenvalue weighted by Crippen LogP contribution is -2.48. The highest BCUT2D eigenvalue weighted by Crippen LogP contribution is 2.58. The van der Waals surface area contributed by atoms with Crippen LogP contribution in [0.4, 0.5) is 0 Å². The lowest BCUT2D eigenvalue weighted by molar-refractivity contribution is -0.155. The van der Waals surface area contributed by atoms with E-state index in [1.165, 1.54) is 4.90 Å². The number of fused-ring (bicyclic) bond motifs is 3. The van der Waals surface area contributed by atoms with E-state index in [9.17, 15) is 27.6 Å². The number of Topliss-reactive ketones (excluding diaryl/α,β-unsaturated/α-hetero) is 1. The Morgan fingerprint density at radius 2 is 1.83 bits per heavy atom. The number of sulfonamides is 1. The summed E-state index contributed by atoms with van der Waals surface area (Å²) in [4.78, 5) is 62.5. The molecule has 5 atom stereocenters. The molecule has 290 valence electrons. The number of cyclic esters (lactones) is 1. The van der Waals surface area contributed by atoms with E-state index < -0.39 is 56.0 Å². The first-order chi connectivity index (χ1) is 24.9. The van der Waals surface area contributed by atoms with Gasteiger partial charge < -0.3 is 14.4 Å². The Morgan fingerprint density at radius 1 is 1.09 bits per heavy atom. The molecular formula is C41H57N3O8S. The summed E-state index contributed by atoms with van der Waals surface area (Å²) in [5, 5.41) is 1.35. The van der Waals surface area contributed by atoms with E-state index >= 15 is 0 Å². The van der Waals surface area contributed by atoms with Gasteiger partial charge in [0.25, 0.3) is 0 Å². The number of nitrogens with zero attached hydrogens (tertiary/aromatic N) is 2. The predicted octanol–water partition coefficient (Wildman–Crippen LogP) is 6.09. The zero-order chi connectivity index (χ0) is 38.5. The van der Waals surface area contributed by atoms with Gasteiger partial charge in [-0.3, -0.25) is 23.9 Å². The van der Waals surface area contributed by atoms with E-state index in [4.69, 9.17) is 14.5 Å². The standard InChI is InChI=1S/C41H57N3O8S/c1-8-26-22-42-36-31-17-25(12-15-30(26)31)11-10-16-40(6,7)24-51-35(46)19-32(39(3,4)5)37(47)44-23-28(52-36)18-33(44)34(45)21-41(20-27(41)9-2)38(48)43-53(49,50)29-13-14-29/h12,15,17,22,27-29,32-33H,8-11,13-14,16,18-21,23-24H2,1-7H3,(H,43,48)/t27-,28?,32?,33?,41+/m0/s1. The fraction of sp³-hybridized carbons (Fsp3) is 0.683. The van der Waals surface area contributed by atoms with Crippen molar-refractivity contribution in [1.82, 2.24) is 14.6 Å². The smallest absolute Gasteiger partial charge is 0.306 e. The molecule has 11 nitrogen and oxygen atoms in total. The number of ketones is 1. The molecule has 4 aliphatic rings. The number of nitrogens with one attached hydrogen (secondary N) is 1. The molecule has 0 radical (unpaired) electrons. The Labute approximate surface area is 314 Å². The number of ether oxygens (including phenoxy) is 2. The predicted molar refractivity (Wildman–Crippen MR) is 201 cm³/mol. The van der Waals surface area contributed by atoms with E-state index in [1.54, 1.807) is 0 Å². The highest BCUT2D eigenvalue weighted by molar-refractivity contribution is 7.90. The van der Waals surface area contributed by atoms with E-state index in [2.05, 4.69) is 43.7 Å². The highest BCUT2D eigenvalue weighted by Gasteiger charge is 2.62. The maximum Gasteiger partial charge on any atom is 0.306 e. The zero-order valence-corrected chi connectivity index (χ0v) is 33.3. The zero-order valence-electron chi connectivity index (χ0n) is 32.5. The number of esters is 1. The van der Waals surface area contributed by atoms with E-state index in [1.807, 2.05) is 33.9 Å². The average molecular weight is 752 g/mol. The molecule has 3 fully saturated rings. The van der Waals surface area contributed by atoms with Crippen molar-refractivity contribution in [3.05, 3.63) is 35.5 Å². The molecule has 1 aromatic heterocycles. The SMILES string of the molecule is CCc1cnc2c3cc(ccc13)CCCC(C)(C)COC(=O)CC(C(C)(C)C)C(=O)N1CC(CC1C(=O)C[C@]1(C(=O)NS(=O)(=O)C3CC3)C[C@@H]1CC)O2. The summed E-state index contributed by atoms with van der Waals surface area (Å²) in [5.41, 5.74) is 0.153. The Hall–Kier alpha value is -3.54. The number of hydrogen-bond donors (Lipinski definition) is 1. The summed E-state index contributed by atoms with van der Waals surface area (Å²) in [5.74, 6) is -2.26. The minimum Gasteiger partial charge on any atom is -0.472 e. The molecule has 1 saturated heterocycles. The van der Waals surface area contributed by atoms with Crippen molar-refractivity contribution in [3.63, 3.8) is 0 Å². The lowest BCUT2D eigenvalue weighted by Gasteiger charge is -2.35. The van der Waals surface area contributed by atoms with Crippen LogP contribution in [-0.4, -0.2) is 72.4 Å². The molecular weight excluding hydrogens is 695 g/mol. The van der Waals surface area contributed by atoms with Gasteiger partial charge in [-0.1, -0.05) is 67.0 Å². The van der Waals surface area contributed by atoms with E-state index in [0.717, 1.165) is 47.6 Å². The molecule has 3 unspecified atom stereocenters. The number of amides is 2. The first kappa shape index (κ1) is 39.2. The number of aryl methyl sites for hydroxylation is 2. The summed E-state index contributed by atoms with van der Waals surface area (Å²) in [6, 6.07) is 5.44. The maximum absolute atomic E-state index is 14.7. The van der Waals surface area contributed by atoms with Gasteiger partial charge in [-0.2, -0.15) is 0 Å². The summed E-state index contributed by atoms with van der Waals surface area (Å²) < 4.78 is 40.3. The lowest BCUT2D eigenvalue weighted by atomic mass is 9.77. The summed E-state index contributed by atoms with van der Waals surface area (Å²) in [7, 11) is -3.81. The summed E-state index contributed by atoms with van der Waals surface area (Å²) in [6.45, 7) is 14.2. The molecule has 2 saturated carbocycles. The monoisotopic (exact) mass is 751 g/mol. The minimum absolute atomic E-state index is 0.0920. The molecule has 1 aromatic carbocycles. The average Bonchev–Trinajstić information content (AvgIpc) is 4.02. The minimum atomic E-state index is -3.81. The molecule has 2 aromatic rings. The largest absolute Gasteiger partial charge is 0.472 e. The number of carbonyl (C=O) groups excluding carboxylic acids is 4. The van der Waals surface area contributed by atoms with Crippen LogP contribution >= 0.6 is 0 Å². The number of carbonyl (C=O) groups is 4. The first-order valence-electron chi connectivity index (χ1n) is 19.5. The third-order valence-corrected chi connectivity index (χ3v) is 13.9. The van der Waals surface area contributed by atoms with Crippen molar-refractivity contribution in [2.45, 2.75) is 136 Å². The fourth-order valence-electron chi connectivity index (χ4n) is 8.37. The van der Waals surface area contributed by atoms with Crippen LogP contribution in [0.15, 0.2) is 24.4 Å². The van der Waals surface area contributed by atoms with Gasteiger partial charge >= 0.3 is 5.97 Å². The van der Waals surface area contributed by atoms with Gasteiger partial charge in [0, 0.05) is 24.4 Å². The van der Waals surface area contributed by atoms with E-state index in [0.29, 0.717) is 31.6 Å².